The number of carbonyl (C=O) groups is 2. The van der Waals surface area contributed by atoms with Crippen LogP contribution in [0.5, 0.6) is 0 Å². The topological polar surface area (TPSA) is 66.8 Å². The molecule has 0 radical (unpaired) electrons. The van der Waals surface area contributed by atoms with E-state index in [-0.39, 0.29) is 18.4 Å². The maximum Gasteiger partial charge on any atom is 0.308 e. The summed E-state index contributed by atoms with van der Waals surface area (Å²) in [5.41, 5.74) is 0. The number of hydrogen-bond acceptors (Lipinski definition) is 3. The number of carbonyl (C=O) groups excluding carboxylic acids is 1. The van der Waals surface area contributed by atoms with Crippen LogP contribution in [-0.2, 0) is 14.3 Å². The van der Waals surface area contributed by atoms with Gasteiger partial charge >= 0.3 is 5.97 Å². The number of likely N-dealkylation sites (tertiary alicyclic amines) is 1. The lowest BCUT2D eigenvalue weighted by atomic mass is 10.1. The van der Waals surface area contributed by atoms with Crippen molar-refractivity contribution in [2.45, 2.75) is 19.4 Å². The fraction of sp³-hybridized carbons (Fsp3) is 0.778. The van der Waals surface area contributed by atoms with Gasteiger partial charge in [-0.2, -0.15) is 0 Å². The molecule has 1 aliphatic heterocycles. The van der Waals surface area contributed by atoms with E-state index >= 15 is 0 Å². The zero-order valence-corrected chi connectivity index (χ0v) is 8.40. The first-order chi connectivity index (χ1) is 6.56. The molecule has 2 atom stereocenters. The predicted molar refractivity (Wildman–Crippen MR) is 48.8 cm³/mol. The Bertz CT molecular complexity index is 241. The van der Waals surface area contributed by atoms with Crippen LogP contribution < -0.4 is 0 Å². The quantitative estimate of drug-likeness (QED) is 0.692. The van der Waals surface area contributed by atoms with Crippen molar-refractivity contribution < 1.29 is 19.4 Å². The number of methoxy groups -OCH3 is 1. The van der Waals surface area contributed by atoms with Gasteiger partial charge in [0, 0.05) is 20.1 Å². The van der Waals surface area contributed by atoms with Crippen molar-refractivity contribution in [3.05, 3.63) is 0 Å². The number of ether oxygens (including phenoxy) is 1. The lowest BCUT2D eigenvalue weighted by Crippen LogP contribution is -2.37. The van der Waals surface area contributed by atoms with E-state index in [0.717, 1.165) is 0 Å². The molecule has 0 aromatic heterocycles. The first kappa shape index (κ1) is 11.0. The third kappa shape index (κ3) is 2.23. The molecule has 0 aromatic rings. The molecule has 1 heterocycles. The van der Waals surface area contributed by atoms with Crippen molar-refractivity contribution in [1.29, 1.82) is 0 Å². The number of carboxylic acids is 1. The van der Waals surface area contributed by atoms with Crippen LogP contribution >= 0.6 is 0 Å². The molecule has 14 heavy (non-hydrogen) atoms. The number of rotatable bonds is 4. The van der Waals surface area contributed by atoms with Gasteiger partial charge in [-0.05, 0) is 6.92 Å². The van der Waals surface area contributed by atoms with E-state index in [9.17, 15) is 9.59 Å². The molecule has 0 saturated carbocycles. The lowest BCUT2D eigenvalue weighted by molar-refractivity contribution is -0.141. The molecular formula is C9H15NO4. The second-order valence-corrected chi connectivity index (χ2v) is 3.59. The van der Waals surface area contributed by atoms with E-state index in [2.05, 4.69) is 0 Å². The highest BCUT2D eigenvalue weighted by Gasteiger charge is 2.36. The summed E-state index contributed by atoms with van der Waals surface area (Å²) >= 11 is 0. The second-order valence-electron chi connectivity index (χ2n) is 3.59. The van der Waals surface area contributed by atoms with Gasteiger partial charge in [-0.3, -0.25) is 9.59 Å². The molecule has 1 N–H and O–H groups in total. The Morgan fingerprint density at radius 2 is 2.43 bits per heavy atom. The van der Waals surface area contributed by atoms with Gasteiger partial charge in [0.15, 0.2) is 0 Å². The van der Waals surface area contributed by atoms with Crippen LogP contribution in [0, 0.1) is 5.92 Å². The van der Waals surface area contributed by atoms with Gasteiger partial charge in [-0.1, -0.05) is 0 Å². The van der Waals surface area contributed by atoms with E-state index in [1.165, 1.54) is 0 Å². The van der Waals surface area contributed by atoms with Crippen LogP contribution in [0.1, 0.15) is 13.3 Å². The van der Waals surface area contributed by atoms with E-state index in [4.69, 9.17) is 9.84 Å². The summed E-state index contributed by atoms with van der Waals surface area (Å²) in [6, 6.07) is -0.0446. The number of hydrogen-bond donors (Lipinski definition) is 1. The smallest absolute Gasteiger partial charge is 0.308 e. The number of nitrogens with zero attached hydrogens (tertiary/aromatic N) is 1. The Hall–Kier alpha value is -1.10. The molecule has 5 nitrogen and oxygen atoms in total. The summed E-state index contributed by atoms with van der Waals surface area (Å²) in [7, 11) is 1.56. The molecule has 1 rings (SSSR count). The summed E-state index contributed by atoms with van der Waals surface area (Å²) in [4.78, 5) is 23.6. The zero-order chi connectivity index (χ0) is 10.7. The van der Waals surface area contributed by atoms with Crippen molar-refractivity contribution in [1.82, 2.24) is 4.90 Å². The summed E-state index contributed by atoms with van der Waals surface area (Å²) in [6.07, 6.45) is 0.114. The average Bonchev–Trinajstić information content (AvgIpc) is 2.48. The number of aliphatic carboxylic acids is 1. The first-order valence-electron chi connectivity index (χ1n) is 4.57. The number of amides is 1. The van der Waals surface area contributed by atoms with Crippen molar-refractivity contribution in [3.8, 4) is 0 Å². The molecular weight excluding hydrogens is 186 g/mol. The van der Waals surface area contributed by atoms with Gasteiger partial charge in [0.25, 0.3) is 0 Å². The van der Waals surface area contributed by atoms with Gasteiger partial charge in [0.05, 0.1) is 18.6 Å². The Morgan fingerprint density at radius 1 is 1.79 bits per heavy atom. The monoisotopic (exact) mass is 201 g/mol. The van der Waals surface area contributed by atoms with Crippen LogP contribution in [0.25, 0.3) is 0 Å². The highest BCUT2D eigenvalue weighted by Crippen LogP contribution is 2.20. The highest BCUT2D eigenvalue weighted by molar-refractivity contribution is 5.86. The minimum absolute atomic E-state index is 0.0446. The largest absolute Gasteiger partial charge is 0.481 e. The van der Waals surface area contributed by atoms with Crippen LogP contribution in [0.2, 0.25) is 0 Å². The van der Waals surface area contributed by atoms with E-state index in [1.807, 2.05) is 6.92 Å². The summed E-state index contributed by atoms with van der Waals surface area (Å²) in [5.74, 6) is -1.55. The Morgan fingerprint density at radius 3 is 2.86 bits per heavy atom. The first-order valence-corrected chi connectivity index (χ1v) is 4.57. The Labute approximate surface area is 82.6 Å². The molecule has 0 bridgehead atoms. The fourth-order valence-electron chi connectivity index (χ4n) is 1.65. The van der Waals surface area contributed by atoms with Crippen LogP contribution in [-0.4, -0.2) is 48.2 Å². The fourth-order valence-corrected chi connectivity index (χ4v) is 1.65. The van der Waals surface area contributed by atoms with E-state index in [0.29, 0.717) is 13.2 Å². The van der Waals surface area contributed by atoms with E-state index < -0.39 is 11.9 Å². The van der Waals surface area contributed by atoms with Crippen molar-refractivity contribution in [3.63, 3.8) is 0 Å². The number of carboxylic acid groups (broad SMARTS) is 1. The normalized spacial score (nSPS) is 24.0. The predicted octanol–water partition coefficient (Wildman–Crippen LogP) is -0.0456. The molecule has 2 unspecified atom stereocenters. The maximum absolute atomic E-state index is 11.4. The molecule has 1 aliphatic rings. The summed E-state index contributed by atoms with van der Waals surface area (Å²) < 4.78 is 4.92. The lowest BCUT2D eigenvalue weighted by Gasteiger charge is -2.23. The van der Waals surface area contributed by atoms with Crippen molar-refractivity contribution in [2.24, 2.45) is 5.92 Å². The van der Waals surface area contributed by atoms with Gasteiger partial charge in [0.1, 0.15) is 0 Å². The molecule has 1 amide bonds. The minimum atomic E-state index is -0.898. The SMILES string of the molecule is COCC(C)N1CC(C(=O)O)CC1=O. The molecule has 80 valence electrons. The van der Waals surface area contributed by atoms with Crippen LogP contribution in [0.4, 0.5) is 0 Å². The highest BCUT2D eigenvalue weighted by atomic mass is 16.5. The molecule has 0 aromatic carbocycles. The second kappa shape index (κ2) is 4.41. The van der Waals surface area contributed by atoms with Crippen molar-refractivity contribution in [2.75, 3.05) is 20.3 Å². The Balaban J connectivity index is 2.56. The Kier molecular flexibility index (Phi) is 3.46. The zero-order valence-electron chi connectivity index (χ0n) is 8.40. The third-order valence-electron chi connectivity index (χ3n) is 2.45. The van der Waals surface area contributed by atoms with Gasteiger partial charge in [-0.15, -0.1) is 0 Å². The molecule has 1 saturated heterocycles. The van der Waals surface area contributed by atoms with Crippen LogP contribution in [0.15, 0.2) is 0 Å². The van der Waals surface area contributed by atoms with Crippen LogP contribution in [0.3, 0.4) is 0 Å². The van der Waals surface area contributed by atoms with E-state index in [1.54, 1.807) is 12.0 Å². The van der Waals surface area contributed by atoms with Gasteiger partial charge < -0.3 is 14.7 Å². The maximum atomic E-state index is 11.4. The standard InChI is InChI=1S/C9H15NO4/c1-6(5-14-2)10-4-7(9(12)13)3-8(10)11/h6-7H,3-5H2,1-2H3,(H,12,13). The third-order valence-corrected chi connectivity index (χ3v) is 2.45. The molecule has 1 fully saturated rings. The summed E-state index contributed by atoms with van der Waals surface area (Å²) in [6.45, 7) is 2.60. The van der Waals surface area contributed by atoms with Gasteiger partial charge in [-0.25, -0.2) is 0 Å². The minimum Gasteiger partial charge on any atom is -0.481 e. The van der Waals surface area contributed by atoms with Gasteiger partial charge in [0.2, 0.25) is 5.91 Å². The molecule has 0 spiro atoms. The summed E-state index contributed by atoms with van der Waals surface area (Å²) in [5, 5.41) is 8.75. The van der Waals surface area contributed by atoms with Crippen molar-refractivity contribution >= 4 is 11.9 Å². The molecule has 5 heteroatoms. The average molecular weight is 201 g/mol. The molecule has 0 aliphatic carbocycles.